The van der Waals surface area contributed by atoms with Crippen LogP contribution in [0.25, 0.3) is 0 Å². The number of rotatable bonds is 6. The number of aromatic nitrogens is 4. The number of likely N-dealkylation sites (tertiary alicyclic amines) is 1. The van der Waals surface area contributed by atoms with Gasteiger partial charge >= 0.3 is 0 Å². The van der Waals surface area contributed by atoms with E-state index in [2.05, 4.69) is 29.7 Å². The van der Waals surface area contributed by atoms with Crippen LogP contribution in [0.3, 0.4) is 0 Å². The van der Waals surface area contributed by atoms with Gasteiger partial charge in [0.1, 0.15) is 12.1 Å². The molecule has 0 aromatic carbocycles. The van der Waals surface area contributed by atoms with Crippen LogP contribution in [0.1, 0.15) is 37.4 Å². The van der Waals surface area contributed by atoms with E-state index < -0.39 is 0 Å². The molecule has 0 amide bonds. The van der Waals surface area contributed by atoms with E-state index in [0.29, 0.717) is 18.0 Å². The molecule has 128 valence electrons. The van der Waals surface area contributed by atoms with Gasteiger partial charge in [0.2, 0.25) is 5.88 Å². The molecule has 0 unspecified atom stereocenters. The fraction of sp³-hybridized carbons (Fsp3) is 0.588. The fourth-order valence-corrected chi connectivity index (χ4v) is 3.34. The summed E-state index contributed by atoms with van der Waals surface area (Å²) in [6.45, 7) is 3.19. The first-order valence-corrected chi connectivity index (χ1v) is 8.67. The van der Waals surface area contributed by atoms with E-state index in [1.807, 2.05) is 18.6 Å². The summed E-state index contributed by atoms with van der Waals surface area (Å²) in [6.07, 6.45) is 10.4. The summed E-state index contributed by atoms with van der Waals surface area (Å²) in [5.74, 6) is 1.44. The van der Waals surface area contributed by atoms with Crippen LogP contribution in [0.4, 0.5) is 5.82 Å². The lowest BCUT2D eigenvalue weighted by molar-refractivity contribution is 0.206. The summed E-state index contributed by atoms with van der Waals surface area (Å²) >= 11 is 0. The summed E-state index contributed by atoms with van der Waals surface area (Å²) in [6, 6.07) is 3.00. The van der Waals surface area contributed by atoms with Crippen molar-refractivity contribution in [2.45, 2.75) is 44.3 Å². The smallest absolute Gasteiger partial charge is 0.218 e. The van der Waals surface area contributed by atoms with Crippen LogP contribution in [0.15, 0.2) is 24.9 Å². The standard InChI is InChI=1S/C17H24N6O/c1-24-17-8-16(19-11-20-17)21-13-4-6-22(7-5-13)10-15-9-18-12-23(15)14-2-3-14/h8-9,11-14H,2-7,10H2,1H3,(H,19,20,21). The van der Waals surface area contributed by atoms with Crippen molar-refractivity contribution in [2.75, 3.05) is 25.5 Å². The molecule has 2 fully saturated rings. The summed E-state index contributed by atoms with van der Waals surface area (Å²) in [5.41, 5.74) is 1.35. The Morgan fingerprint density at radius 2 is 2.04 bits per heavy atom. The molecule has 2 aromatic rings. The van der Waals surface area contributed by atoms with Gasteiger partial charge in [-0.3, -0.25) is 4.90 Å². The number of ether oxygens (including phenoxy) is 1. The average molecular weight is 328 g/mol. The molecule has 1 N–H and O–H groups in total. The van der Waals surface area contributed by atoms with Crippen LogP contribution >= 0.6 is 0 Å². The first-order chi connectivity index (χ1) is 11.8. The van der Waals surface area contributed by atoms with Crippen LogP contribution < -0.4 is 10.1 Å². The molecule has 3 heterocycles. The van der Waals surface area contributed by atoms with Crippen molar-refractivity contribution in [3.8, 4) is 5.88 Å². The molecule has 1 saturated heterocycles. The number of nitrogens with one attached hydrogen (secondary N) is 1. The zero-order valence-corrected chi connectivity index (χ0v) is 14.1. The number of methoxy groups -OCH3 is 1. The first-order valence-electron chi connectivity index (χ1n) is 8.67. The Kier molecular flexibility index (Phi) is 4.34. The van der Waals surface area contributed by atoms with E-state index in [4.69, 9.17) is 4.74 Å². The number of piperidine rings is 1. The van der Waals surface area contributed by atoms with Gasteiger partial charge in [0, 0.05) is 44.0 Å². The molecule has 2 aliphatic rings. The van der Waals surface area contributed by atoms with E-state index in [0.717, 1.165) is 38.3 Å². The van der Waals surface area contributed by atoms with Crippen LogP contribution in [-0.2, 0) is 6.54 Å². The molecule has 7 nitrogen and oxygen atoms in total. The molecule has 1 saturated carbocycles. The van der Waals surface area contributed by atoms with E-state index in [1.54, 1.807) is 7.11 Å². The predicted molar refractivity (Wildman–Crippen MR) is 91.0 cm³/mol. The molecule has 4 rings (SSSR count). The SMILES string of the molecule is COc1cc(NC2CCN(Cc3cncn3C3CC3)CC2)ncn1. The number of imidazole rings is 1. The van der Waals surface area contributed by atoms with Crippen LogP contribution in [-0.4, -0.2) is 50.7 Å². The molecule has 24 heavy (non-hydrogen) atoms. The summed E-state index contributed by atoms with van der Waals surface area (Å²) in [4.78, 5) is 15.2. The quantitative estimate of drug-likeness (QED) is 0.876. The lowest BCUT2D eigenvalue weighted by Gasteiger charge is -2.32. The molecule has 7 heteroatoms. The molecule has 0 atom stereocenters. The third-order valence-corrected chi connectivity index (χ3v) is 4.86. The van der Waals surface area contributed by atoms with Gasteiger partial charge < -0.3 is 14.6 Å². The molecule has 1 aliphatic heterocycles. The van der Waals surface area contributed by atoms with Gasteiger partial charge in [-0.2, -0.15) is 0 Å². The third kappa shape index (κ3) is 3.51. The Morgan fingerprint density at radius 3 is 2.79 bits per heavy atom. The molecular weight excluding hydrogens is 304 g/mol. The first kappa shape index (κ1) is 15.4. The van der Waals surface area contributed by atoms with Gasteiger partial charge in [-0.1, -0.05) is 0 Å². The van der Waals surface area contributed by atoms with Gasteiger partial charge in [-0.15, -0.1) is 0 Å². The van der Waals surface area contributed by atoms with Crippen molar-refractivity contribution in [1.82, 2.24) is 24.4 Å². The second kappa shape index (κ2) is 6.76. The third-order valence-electron chi connectivity index (χ3n) is 4.86. The highest BCUT2D eigenvalue weighted by Gasteiger charge is 2.26. The minimum atomic E-state index is 0.453. The van der Waals surface area contributed by atoms with Crippen LogP contribution in [0.5, 0.6) is 5.88 Å². The second-order valence-electron chi connectivity index (χ2n) is 6.66. The largest absolute Gasteiger partial charge is 0.481 e. The molecule has 0 bridgehead atoms. The highest BCUT2D eigenvalue weighted by atomic mass is 16.5. The maximum Gasteiger partial charge on any atom is 0.218 e. The Balaban J connectivity index is 1.29. The lowest BCUT2D eigenvalue weighted by atomic mass is 10.0. The minimum absolute atomic E-state index is 0.453. The second-order valence-corrected chi connectivity index (χ2v) is 6.66. The van der Waals surface area contributed by atoms with Gasteiger partial charge in [0.15, 0.2) is 0 Å². The van der Waals surface area contributed by atoms with Crippen LogP contribution in [0, 0.1) is 0 Å². The van der Waals surface area contributed by atoms with Gasteiger partial charge in [-0.05, 0) is 25.7 Å². The van der Waals surface area contributed by atoms with Gasteiger partial charge in [0.25, 0.3) is 0 Å². The van der Waals surface area contributed by atoms with E-state index in [-0.39, 0.29) is 0 Å². The Bertz CT molecular complexity index is 675. The maximum absolute atomic E-state index is 5.15. The van der Waals surface area contributed by atoms with Crippen molar-refractivity contribution < 1.29 is 4.74 Å². The average Bonchev–Trinajstić information content (AvgIpc) is 3.36. The maximum atomic E-state index is 5.15. The summed E-state index contributed by atoms with van der Waals surface area (Å²) < 4.78 is 7.51. The van der Waals surface area contributed by atoms with E-state index in [1.165, 1.54) is 24.9 Å². The Hall–Kier alpha value is -2.15. The van der Waals surface area contributed by atoms with Gasteiger partial charge in [-0.25, -0.2) is 15.0 Å². The number of hydrogen-bond acceptors (Lipinski definition) is 6. The van der Waals surface area contributed by atoms with Crippen molar-refractivity contribution >= 4 is 5.82 Å². The Morgan fingerprint density at radius 1 is 1.21 bits per heavy atom. The highest BCUT2D eigenvalue weighted by molar-refractivity contribution is 5.38. The lowest BCUT2D eigenvalue weighted by Crippen LogP contribution is -2.39. The molecule has 0 radical (unpaired) electrons. The molecule has 2 aromatic heterocycles. The van der Waals surface area contributed by atoms with Crippen molar-refractivity contribution in [1.29, 1.82) is 0 Å². The number of nitrogens with zero attached hydrogens (tertiary/aromatic N) is 5. The normalized spacial score (nSPS) is 19.4. The highest BCUT2D eigenvalue weighted by Crippen LogP contribution is 2.36. The number of anilines is 1. The summed E-state index contributed by atoms with van der Waals surface area (Å²) in [7, 11) is 1.62. The van der Waals surface area contributed by atoms with Crippen molar-refractivity contribution in [2.24, 2.45) is 0 Å². The zero-order valence-electron chi connectivity index (χ0n) is 14.1. The monoisotopic (exact) mass is 328 g/mol. The number of hydrogen-bond donors (Lipinski definition) is 1. The molecular formula is C17H24N6O. The summed E-state index contributed by atoms with van der Waals surface area (Å²) in [5, 5.41) is 3.50. The van der Waals surface area contributed by atoms with E-state index >= 15 is 0 Å². The zero-order chi connectivity index (χ0) is 16.4. The topological polar surface area (TPSA) is 68.1 Å². The van der Waals surface area contributed by atoms with Crippen LogP contribution in [0.2, 0.25) is 0 Å². The minimum Gasteiger partial charge on any atom is -0.481 e. The van der Waals surface area contributed by atoms with Crippen molar-refractivity contribution in [3.05, 3.63) is 30.6 Å². The van der Waals surface area contributed by atoms with E-state index in [9.17, 15) is 0 Å². The fourth-order valence-electron chi connectivity index (χ4n) is 3.34. The molecule has 0 spiro atoms. The predicted octanol–water partition coefficient (Wildman–Crippen LogP) is 2.09. The van der Waals surface area contributed by atoms with Gasteiger partial charge in [0.05, 0.1) is 19.1 Å². The Labute approximate surface area is 142 Å². The van der Waals surface area contributed by atoms with Crippen molar-refractivity contribution in [3.63, 3.8) is 0 Å². The molecule has 1 aliphatic carbocycles.